The molecule has 2 fully saturated rings. The van der Waals surface area contributed by atoms with Crippen LogP contribution in [0.4, 0.5) is 0 Å². The Labute approximate surface area is 229 Å². The molecule has 9 nitrogen and oxygen atoms in total. The summed E-state index contributed by atoms with van der Waals surface area (Å²) in [5.74, 6) is -1.44. The number of rotatable bonds is 4. The molecule has 0 radical (unpaired) electrons. The maximum atomic E-state index is 13.5. The largest absolute Gasteiger partial charge is 0.459 e. The summed E-state index contributed by atoms with van der Waals surface area (Å²) in [5.41, 5.74) is -2.23. The first-order chi connectivity index (χ1) is 17.5. The predicted octanol–water partition coefficient (Wildman–Crippen LogP) is 3.58. The number of hydrogen-bond acceptors (Lipinski definition) is 8. The number of hydrogen-bond donors (Lipinski definition) is 3. The molecule has 0 aliphatic carbocycles. The molecule has 0 saturated carbocycles. The summed E-state index contributed by atoms with van der Waals surface area (Å²) in [4.78, 5) is 26.3. The normalized spacial score (nSPS) is 46.4. The van der Waals surface area contributed by atoms with Crippen molar-refractivity contribution in [2.45, 2.75) is 142 Å². The van der Waals surface area contributed by atoms with Gasteiger partial charge in [-0.25, -0.2) is 0 Å². The van der Waals surface area contributed by atoms with Crippen molar-refractivity contribution in [3.05, 3.63) is 0 Å². The van der Waals surface area contributed by atoms with E-state index >= 15 is 0 Å². The van der Waals surface area contributed by atoms with E-state index in [1.54, 1.807) is 34.8 Å². The zero-order valence-corrected chi connectivity index (χ0v) is 25.2. The molecule has 12 atom stereocenters. The van der Waals surface area contributed by atoms with Crippen molar-refractivity contribution < 1.29 is 38.7 Å². The topological polar surface area (TPSA) is 124 Å². The monoisotopic (exact) mass is 543 g/mol. The SMILES string of the molecule is CCC1OC(=O)C(C)C(OC2C[C@@](C)(OC)C(O)[C@H](C)O2)C(C)CC(C)C[C@@H](C)NC(=O)[C@H](C)C[C@]1(C)O. The number of carbonyl (C=O) groups excluding carboxylic acids is 2. The molecule has 1 amide bonds. The molecule has 2 saturated heterocycles. The van der Waals surface area contributed by atoms with E-state index in [1.807, 2.05) is 20.8 Å². The van der Waals surface area contributed by atoms with E-state index in [4.69, 9.17) is 18.9 Å². The Hall–Kier alpha value is -1.26. The molecule has 0 bridgehead atoms. The van der Waals surface area contributed by atoms with E-state index in [1.165, 1.54) is 0 Å². The van der Waals surface area contributed by atoms with Crippen LogP contribution < -0.4 is 5.32 Å². The van der Waals surface area contributed by atoms with Crippen LogP contribution in [0, 0.1) is 23.7 Å². The van der Waals surface area contributed by atoms with Gasteiger partial charge < -0.3 is 34.5 Å². The van der Waals surface area contributed by atoms with Crippen molar-refractivity contribution in [2.75, 3.05) is 7.11 Å². The number of aliphatic hydroxyl groups is 2. The number of carbonyl (C=O) groups is 2. The van der Waals surface area contributed by atoms with Gasteiger partial charge in [-0.05, 0) is 72.1 Å². The van der Waals surface area contributed by atoms with Gasteiger partial charge in [0.1, 0.15) is 12.2 Å². The Bertz CT molecular complexity index is 791. The molecule has 7 unspecified atom stereocenters. The van der Waals surface area contributed by atoms with Crippen molar-refractivity contribution in [1.82, 2.24) is 5.32 Å². The molecule has 2 aliphatic rings. The number of ether oxygens (including phenoxy) is 4. The summed E-state index contributed by atoms with van der Waals surface area (Å²) in [5, 5.41) is 25.0. The first-order valence-corrected chi connectivity index (χ1v) is 14.3. The van der Waals surface area contributed by atoms with Gasteiger partial charge in [0, 0.05) is 25.5 Å². The van der Waals surface area contributed by atoms with Crippen molar-refractivity contribution in [2.24, 2.45) is 23.7 Å². The second-order valence-electron chi connectivity index (χ2n) is 12.6. The van der Waals surface area contributed by atoms with E-state index in [2.05, 4.69) is 19.2 Å². The molecule has 0 aromatic carbocycles. The minimum Gasteiger partial charge on any atom is -0.459 e. The van der Waals surface area contributed by atoms with E-state index in [0.717, 1.165) is 12.8 Å². The molecule has 3 N–H and O–H groups in total. The van der Waals surface area contributed by atoms with Gasteiger partial charge in [-0.15, -0.1) is 0 Å². The van der Waals surface area contributed by atoms with Gasteiger partial charge in [0.15, 0.2) is 6.29 Å². The highest BCUT2D eigenvalue weighted by Gasteiger charge is 2.47. The molecule has 0 aromatic rings. The lowest BCUT2D eigenvalue weighted by Gasteiger charge is -2.45. The van der Waals surface area contributed by atoms with Crippen molar-refractivity contribution in [3.63, 3.8) is 0 Å². The summed E-state index contributed by atoms with van der Waals surface area (Å²) in [6.07, 6.45) is -0.892. The highest BCUT2D eigenvalue weighted by atomic mass is 16.7. The number of cyclic esters (lactones) is 1. The van der Waals surface area contributed by atoms with Crippen LogP contribution in [-0.2, 0) is 28.5 Å². The van der Waals surface area contributed by atoms with E-state index in [9.17, 15) is 19.8 Å². The molecule has 9 heteroatoms. The summed E-state index contributed by atoms with van der Waals surface area (Å²) in [6, 6.07) is -0.0368. The zero-order chi connectivity index (χ0) is 29.0. The molecular formula is C29H53NO8. The van der Waals surface area contributed by atoms with Gasteiger partial charge in [-0.1, -0.05) is 27.7 Å². The minimum atomic E-state index is -1.38. The second-order valence-corrected chi connectivity index (χ2v) is 12.6. The quantitative estimate of drug-likeness (QED) is 0.460. The molecule has 2 heterocycles. The fourth-order valence-electron chi connectivity index (χ4n) is 6.30. The Morgan fingerprint density at radius 3 is 2.26 bits per heavy atom. The lowest BCUT2D eigenvalue weighted by atomic mass is 9.84. The number of aliphatic hydroxyl groups excluding tert-OH is 1. The van der Waals surface area contributed by atoms with Gasteiger partial charge in [0.05, 0.1) is 29.3 Å². The molecular weight excluding hydrogens is 490 g/mol. The van der Waals surface area contributed by atoms with Crippen LogP contribution in [0.3, 0.4) is 0 Å². The maximum Gasteiger partial charge on any atom is 0.311 e. The van der Waals surface area contributed by atoms with Crippen LogP contribution in [0.25, 0.3) is 0 Å². The smallest absolute Gasteiger partial charge is 0.311 e. The van der Waals surface area contributed by atoms with E-state index < -0.39 is 59.7 Å². The number of methoxy groups -OCH3 is 1. The van der Waals surface area contributed by atoms with Crippen LogP contribution in [0.2, 0.25) is 0 Å². The summed E-state index contributed by atoms with van der Waals surface area (Å²) < 4.78 is 24.1. The second kappa shape index (κ2) is 13.4. The summed E-state index contributed by atoms with van der Waals surface area (Å²) in [7, 11) is 1.56. The summed E-state index contributed by atoms with van der Waals surface area (Å²) >= 11 is 0. The van der Waals surface area contributed by atoms with Gasteiger partial charge in [-0.2, -0.15) is 0 Å². The first-order valence-electron chi connectivity index (χ1n) is 14.3. The van der Waals surface area contributed by atoms with E-state index in [0.29, 0.717) is 12.8 Å². The Balaban J connectivity index is 2.38. The fourth-order valence-corrected chi connectivity index (χ4v) is 6.30. The third-order valence-electron chi connectivity index (χ3n) is 8.62. The van der Waals surface area contributed by atoms with Crippen LogP contribution in [0.1, 0.15) is 94.4 Å². The van der Waals surface area contributed by atoms with Crippen LogP contribution >= 0.6 is 0 Å². The molecule has 222 valence electrons. The highest BCUT2D eigenvalue weighted by Crippen LogP contribution is 2.36. The third kappa shape index (κ3) is 8.13. The average Bonchev–Trinajstić information content (AvgIpc) is 2.82. The van der Waals surface area contributed by atoms with Gasteiger partial charge in [0.25, 0.3) is 0 Å². The van der Waals surface area contributed by atoms with Crippen LogP contribution in [-0.4, -0.2) is 77.1 Å². The highest BCUT2D eigenvalue weighted by molar-refractivity contribution is 5.78. The number of amides is 1. The maximum absolute atomic E-state index is 13.5. The van der Waals surface area contributed by atoms with E-state index in [-0.39, 0.29) is 30.2 Å². The van der Waals surface area contributed by atoms with Gasteiger partial charge >= 0.3 is 5.97 Å². The van der Waals surface area contributed by atoms with Crippen LogP contribution in [0.15, 0.2) is 0 Å². The van der Waals surface area contributed by atoms with Gasteiger partial charge in [-0.3, -0.25) is 9.59 Å². The molecule has 0 spiro atoms. The first kappa shape index (κ1) is 32.9. The molecule has 2 rings (SSSR count). The Morgan fingerprint density at radius 1 is 1.05 bits per heavy atom. The van der Waals surface area contributed by atoms with Crippen molar-refractivity contribution in [1.29, 1.82) is 0 Å². The fraction of sp³-hybridized carbons (Fsp3) is 0.931. The van der Waals surface area contributed by atoms with Gasteiger partial charge in [0.2, 0.25) is 5.91 Å². The van der Waals surface area contributed by atoms with Crippen molar-refractivity contribution in [3.8, 4) is 0 Å². The van der Waals surface area contributed by atoms with Crippen LogP contribution in [0.5, 0.6) is 0 Å². The Morgan fingerprint density at radius 2 is 1.68 bits per heavy atom. The molecule has 0 aromatic heterocycles. The number of nitrogens with one attached hydrogen (secondary N) is 1. The summed E-state index contributed by atoms with van der Waals surface area (Å²) in [6.45, 7) is 16.8. The third-order valence-corrected chi connectivity index (χ3v) is 8.62. The molecule has 2 aliphatic heterocycles. The van der Waals surface area contributed by atoms with Crippen molar-refractivity contribution >= 4 is 11.9 Å². The Kier molecular flexibility index (Phi) is 11.6. The zero-order valence-electron chi connectivity index (χ0n) is 25.2. The minimum absolute atomic E-state index is 0.0368. The predicted molar refractivity (Wildman–Crippen MR) is 144 cm³/mol. The average molecular weight is 544 g/mol. The lowest BCUT2D eigenvalue weighted by molar-refractivity contribution is -0.295. The standard InChI is InChI=1S/C29H53NO8/c1-11-22-28(8,34)14-18(4)26(32)30-19(5)13-16(2)12-17(3)24(20(6)27(33)37-22)38-23-15-29(9,35-10)25(31)21(7)36-23/h16-25,31,34H,11-15H2,1-10H3,(H,30,32)/t16?,17?,18-,19-,20?,21+,22?,23?,24?,25?,28+,29-/m1/s1. The lowest BCUT2D eigenvalue weighted by Crippen LogP contribution is -2.57. The molecule has 38 heavy (non-hydrogen) atoms. The number of esters is 1.